The summed E-state index contributed by atoms with van der Waals surface area (Å²) in [7, 11) is 3.14. The third-order valence-corrected chi connectivity index (χ3v) is 2.76. The standard InChI is InChI=1S/C10H12INO3/c1-14-8-5-7(11)9(15-2)3-6(8)4-10(12)13/h3,5H,4H2,1-2H3,(H2,12,13). The van der Waals surface area contributed by atoms with Gasteiger partial charge in [-0.15, -0.1) is 0 Å². The molecule has 0 heterocycles. The van der Waals surface area contributed by atoms with Gasteiger partial charge in [0, 0.05) is 5.56 Å². The molecule has 1 amide bonds. The summed E-state index contributed by atoms with van der Waals surface area (Å²) in [6, 6.07) is 3.59. The Labute approximate surface area is 102 Å². The van der Waals surface area contributed by atoms with Gasteiger partial charge in [0.25, 0.3) is 0 Å². The van der Waals surface area contributed by atoms with Crippen molar-refractivity contribution < 1.29 is 14.3 Å². The molecule has 4 nitrogen and oxygen atoms in total. The fraction of sp³-hybridized carbons (Fsp3) is 0.300. The zero-order valence-corrected chi connectivity index (χ0v) is 10.7. The summed E-state index contributed by atoms with van der Waals surface area (Å²) < 4.78 is 11.2. The average Bonchev–Trinajstić information content (AvgIpc) is 2.19. The number of primary amides is 1. The van der Waals surface area contributed by atoms with E-state index in [4.69, 9.17) is 15.2 Å². The Kier molecular flexibility index (Phi) is 4.19. The van der Waals surface area contributed by atoms with Crippen molar-refractivity contribution >= 4 is 28.5 Å². The summed E-state index contributed by atoms with van der Waals surface area (Å²) >= 11 is 2.14. The molecule has 0 saturated carbocycles. The van der Waals surface area contributed by atoms with Crippen LogP contribution in [0.15, 0.2) is 12.1 Å². The van der Waals surface area contributed by atoms with Gasteiger partial charge in [0.05, 0.1) is 24.2 Å². The normalized spacial score (nSPS) is 9.80. The summed E-state index contributed by atoms with van der Waals surface area (Å²) in [6.45, 7) is 0. The molecule has 0 unspecified atom stereocenters. The molecule has 0 atom stereocenters. The van der Waals surface area contributed by atoms with Crippen LogP contribution < -0.4 is 15.2 Å². The van der Waals surface area contributed by atoms with Crippen molar-refractivity contribution in [3.8, 4) is 11.5 Å². The molecular formula is C10H12INO3. The monoisotopic (exact) mass is 321 g/mol. The van der Waals surface area contributed by atoms with Gasteiger partial charge in [-0.25, -0.2) is 0 Å². The number of ether oxygens (including phenoxy) is 2. The van der Waals surface area contributed by atoms with E-state index < -0.39 is 5.91 Å². The molecule has 1 aromatic carbocycles. The summed E-state index contributed by atoms with van der Waals surface area (Å²) in [6.07, 6.45) is 0.149. The van der Waals surface area contributed by atoms with Gasteiger partial charge in [-0.1, -0.05) is 0 Å². The zero-order valence-electron chi connectivity index (χ0n) is 8.54. The van der Waals surface area contributed by atoms with Gasteiger partial charge in [-0.05, 0) is 34.7 Å². The molecule has 0 aliphatic rings. The van der Waals surface area contributed by atoms with Gasteiger partial charge >= 0.3 is 0 Å². The minimum atomic E-state index is -0.392. The first-order valence-electron chi connectivity index (χ1n) is 4.27. The third-order valence-electron chi connectivity index (χ3n) is 1.92. The molecule has 0 spiro atoms. The number of hydrogen-bond donors (Lipinski definition) is 1. The second-order valence-corrected chi connectivity index (χ2v) is 4.10. The SMILES string of the molecule is COc1cc(CC(N)=O)c(OC)cc1I. The molecule has 0 fully saturated rings. The predicted octanol–water partition coefficient (Wildman–Crippen LogP) is 1.34. The van der Waals surface area contributed by atoms with Crippen molar-refractivity contribution in [2.75, 3.05) is 14.2 Å². The fourth-order valence-electron chi connectivity index (χ4n) is 1.25. The summed E-state index contributed by atoms with van der Waals surface area (Å²) in [5.74, 6) is 0.975. The Bertz CT molecular complexity index is 379. The number of hydrogen-bond acceptors (Lipinski definition) is 3. The van der Waals surface area contributed by atoms with Crippen LogP contribution in [0.1, 0.15) is 5.56 Å². The van der Waals surface area contributed by atoms with Crippen molar-refractivity contribution in [1.82, 2.24) is 0 Å². The topological polar surface area (TPSA) is 61.5 Å². The molecule has 0 aliphatic carbocycles. The van der Waals surface area contributed by atoms with E-state index in [-0.39, 0.29) is 6.42 Å². The minimum absolute atomic E-state index is 0.149. The van der Waals surface area contributed by atoms with Crippen molar-refractivity contribution in [2.24, 2.45) is 5.73 Å². The van der Waals surface area contributed by atoms with Gasteiger partial charge in [0.2, 0.25) is 5.91 Å². The maximum atomic E-state index is 10.8. The lowest BCUT2D eigenvalue weighted by Gasteiger charge is -2.10. The highest BCUT2D eigenvalue weighted by atomic mass is 127. The van der Waals surface area contributed by atoms with Gasteiger partial charge < -0.3 is 15.2 Å². The Morgan fingerprint density at radius 2 is 1.93 bits per heavy atom. The molecular weight excluding hydrogens is 309 g/mol. The lowest BCUT2D eigenvalue weighted by molar-refractivity contribution is -0.117. The highest BCUT2D eigenvalue weighted by Crippen LogP contribution is 2.30. The minimum Gasteiger partial charge on any atom is -0.496 e. The molecule has 1 aromatic rings. The fourth-order valence-corrected chi connectivity index (χ4v) is 1.91. The molecule has 1 rings (SSSR count). The highest BCUT2D eigenvalue weighted by Gasteiger charge is 2.11. The number of carbonyl (C=O) groups excluding carboxylic acids is 1. The van der Waals surface area contributed by atoms with E-state index in [2.05, 4.69) is 22.6 Å². The van der Waals surface area contributed by atoms with Crippen molar-refractivity contribution in [2.45, 2.75) is 6.42 Å². The maximum Gasteiger partial charge on any atom is 0.221 e. The van der Waals surface area contributed by atoms with Crippen LogP contribution in [-0.2, 0) is 11.2 Å². The Morgan fingerprint density at radius 1 is 1.33 bits per heavy atom. The Morgan fingerprint density at radius 3 is 2.40 bits per heavy atom. The number of carbonyl (C=O) groups is 1. The molecule has 0 radical (unpaired) electrons. The van der Waals surface area contributed by atoms with Crippen LogP contribution in [0.5, 0.6) is 11.5 Å². The number of methoxy groups -OCH3 is 2. The van der Waals surface area contributed by atoms with Crippen LogP contribution in [0.3, 0.4) is 0 Å². The molecule has 82 valence electrons. The first kappa shape index (κ1) is 12.1. The number of benzene rings is 1. The van der Waals surface area contributed by atoms with Crippen LogP contribution in [0.4, 0.5) is 0 Å². The Balaban J connectivity index is 3.16. The van der Waals surface area contributed by atoms with Crippen molar-refractivity contribution in [3.63, 3.8) is 0 Å². The molecule has 0 aliphatic heterocycles. The van der Waals surface area contributed by atoms with Crippen LogP contribution >= 0.6 is 22.6 Å². The van der Waals surface area contributed by atoms with E-state index in [0.717, 1.165) is 9.13 Å². The average molecular weight is 321 g/mol. The van der Waals surface area contributed by atoms with E-state index in [0.29, 0.717) is 11.5 Å². The van der Waals surface area contributed by atoms with Crippen LogP contribution in [0.2, 0.25) is 0 Å². The third kappa shape index (κ3) is 2.98. The summed E-state index contributed by atoms with van der Waals surface area (Å²) in [5.41, 5.74) is 5.88. The molecule has 5 heteroatoms. The van der Waals surface area contributed by atoms with E-state index >= 15 is 0 Å². The first-order valence-corrected chi connectivity index (χ1v) is 5.35. The predicted molar refractivity (Wildman–Crippen MR) is 65.2 cm³/mol. The van der Waals surface area contributed by atoms with E-state index in [1.54, 1.807) is 20.3 Å². The van der Waals surface area contributed by atoms with E-state index in [1.165, 1.54) is 0 Å². The molecule has 0 bridgehead atoms. The van der Waals surface area contributed by atoms with Crippen molar-refractivity contribution in [3.05, 3.63) is 21.3 Å². The van der Waals surface area contributed by atoms with Gasteiger partial charge in [0.15, 0.2) is 0 Å². The lowest BCUT2D eigenvalue weighted by atomic mass is 10.1. The second kappa shape index (κ2) is 5.20. The molecule has 0 saturated heterocycles. The molecule has 15 heavy (non-hydrogen) atoms. The van der Waals surface area contributed by atoms with Crippen LogP contribution in [0.25, 0.3) is 0 Å². The molecule has 2 N–H and O–H groups in total. The van der Waals surface area contributed by atoms with Gasteiger partial charge in [-0.2, -0.15) is 0 Å². The summed E-state index contributed by atoms with van der Waals surface area (Å²) in [5, 5.41) is 0. The number of halogens is 1. The van der Waals surface area contributed by atoms with Gasteiger partial charge in [0.1, 0.15) is 11.5 Å². The highest BCUT2D eigenvalue weighted by molar-refractivity contribution is 14.1. The van der Waals surface area contributed by atoms with Crippen molar-refractivity contribution in [1.29, 1.82) is 0 Å². The van der Waals surface area contributed by atoms with E-state index in [1.807, 2.05) is 6.07 Å². The second-order valence-electron chi connectivity index (χ2n) is 2.94. The smallest absolute Gasteiger partial charge is 0.221 e. The first-order chi connectivity index (χ1) is 7.08. The van der Waals surface area contributed by atoms with Crippen LogP contribution in [-0.4, -0.2) is 20.1 Å². The summed E-state index contributed by atoms with van der Waals surface area (Å²) in [4.78, 5) is 10.8. The zero-order chi connectivity index (χ0) is 11.4. The van der Waals surface area contributed by atoms with Gasteiger partial charge in [-0.3, -0.25) is 4.79 Å². The van der Waals surface area contributed by atoms with E-state index in [9.17, 15) is 4.79 Å². The lowest BCUT2D eigenvalue weighted by Crippen LogP contribution is -2.14. The Hall–Kier alpha value is -0.980. The largest absolute Gasteiger partial charge is 0.496 e. The van der Waals surface area contributed by atoms with Crippen LogP contribution in [0, 0.1) is 3.57 Å². The maximum absolute atomic E-state index is 10.8. The quantitative estimate of drug-likeness (QED) is 0.851. The number of rotatable bonds is 4. The number of amides is 1. The molecule has 0 aromatic heterocycles. The number of nitrogens with two attached hydrogens (primary N) is 1.